The lowest BCUT2D eigenvalue weighted by atomic mass is 10.1. The van der Waals surface area contributed by atoms with Crippen LogP contribution in [-0.2, 0) is 4.84 Å². The summed E-state index contributed by atoms with van der Waals surface area (Å²) in [6.07, 6.45) is -4.61. The van der Waals surface area contributed by atoms with E-state index in [1.807, 2.05) is 0 Å². The molecule has 0 fully saturated rings. The highest BCUT2D eigenvalue weighted by Gasteiger charge is 2.29. The molecule has 0 heterocycles. The van der Waals surface area contributed by atoms with Crippen LogP contribution in [0.5, 0.6) is 0 Å². The monoisotopic (exact) mass is 278 g/mol. The number of carbonyl (C=O) groups is 1. The van der Waals surface area contributed by atoms with Crippen LogP contribution in [0.15, 0.2) is 18.2 Å². The van der Waals surface area contributed by atoms with Gasteiger partial charge < -0.3 is 0 Å². The number of rotatable bonds is 4. The SMILES string of the molecule is Cc1ccc([N+](=O)[O-])c(C(=O)NOCC(F)(F)F)c1. The first kappa shape index (κ1) is 14.9. The number of nitrogens with zero attached hydrogens (tertiary/aromatic N) is 1. The number of alkyl halides is 3. The lowest BCUT2D eigenvalue weighted by Gasteiger charge is -2.08. The Morgan fingerprint density at radius 3 is 2.63 bits per heavy atom. The molecule has 1 N–H and O–H groups in total. The molecule has 0 aliphatic heterocycles. The van der Waals surface area contributed by atoms with Crippen molar-refractivity contribution in [1.29, 1.82) is 0 Å². The molecule has 9 heteroatoms. The summed E-state index contributed by atoms with van der Waals surface area (Å²) >= 11 is 0. The zero-order valence-electron chi connectivity index (χ0n) is 9.65. The number of hydroxylamine groups is 1. The summed E-state index contributed by atoms with van der Waals surface area (Å²) in [7, 11) is 0. The zero-order valence-corrected chi connectivity index (χ0v) is 9.65. The molecule has 0 bridgehead atoms. The second-order valence-corrected chi connectivity index (χ2v) is 3.61. The van der Waals surface area contributed by atoms with Crippen molar-refractivity contribution < 1.29 is 27.7 Å². The summed E-state index contributed by atoms with van der Waals surface area (Å²) in [5, 5.41) is 10.7. The standard InChI is InChI=1S/C10H9F3N2O4/c1-6-2-3-8(15(17)18)7(4-6)9(16)14-19-5-10(11,12)13/h2-4H,5H2,1H3,(H,14,16). The first-order valence-electron chi connectivity index (χ1n) is 4.94. The largest absolute Gasteiger partial charge is 0.414 e. The minimum Gasteiger partial charge on any atom is -0.267 e. The molecular weight excluding hydrogens is 269 g/mol. The summed E-state index contributed by atoms with van der Waals surface area (Å²) in [5.41, 5.74) is 1.18. The van der Waals surface area contributed by atoms with E-state index in [1.54, 1.807) is 6.92 Å². The maximum absolute atomic E-state index is 11.8. The van der Waals surface area contributed by atoms with Gasteiger partial charge in [-0.3, -0.25) is 19.7 Å². The number of nitro benzene ring substituents is 1. The van der Waals surface area contributed by atoms with Crippen LogP contribution in [0, 0.1) is 17.0 Å². The molecule has 0 aromatic heterocycles. The van der Waals surface area contributed by atoms with E-state index in [2.05, 4.69) is 4.84 Å². The lowest BCUT2D eigenvalue weighted by Crippen LogP contribution is -2.30. The van der Waals surface area contributed by atoms with Crippen LogP contribution in [0.1, 0.15) is 15.9 Å². The molecule has 0 atom stereocenters. The Morgan fingerprint density at radius 2 is 2.11 bits per heavy atom. The van der Waals surface area contributed by atoms with Crippen LogP contribution in [0.4, 0.5) is 18.9 Å². The number of hydrogen-bond donors (Lipinski definition) is 1. The Morgan fingerprint density at radius 1 is 1.47 bits per heavy atom. The predicted molar refractivity (Wildman–Crippen MR) is 57.3 cm³/mol. The molecule has 0 saturated heterocycles. The predicted octanol–water partition coefficient (Wildman–Crippen LogP) is 2.13. The normalized spacial score (nSPS) is 11.2. The van der Waals surface area contributed by atoms with E-state index >= 15 is 0 Å². The molecule has 0 aliphatic carbocycles. The Kier molecular flexibility index (Phi) is 4.43. The van der Waals surface area contributed by atoms with Crippen molar-refractivity contribution in [3.05, 3.63) is 39.4 Å². The van der Waals surface area contributed by atoms with Gasteiger partial charge in [0.05, 0.1) is 4.92 Å². The number of carbonyl (C=O) groups excluding carboxylic acids is 1. The lowest BCUT2D eigenvalue weighted by molar-refractivity contribution is -0.385. The third-order valence-electron chi connectivity index (χ3n) is 1.99. The molecule has 6 nitrogen and oxygen atoms in total. The highest BCUT2D eigenvalue weighted by atomic mass is 19.4. The molecule has 0 spiro atoms. The zero-order chi connectivity index (χ0) is 14.6. The van der Waals surface area contributed by atoms with Gasteiger partial charge in [0.2, 0.25) is 0 Å². The van der Waals surface area contributed by atoms with Crippen LogP contribution in [0.2, 0.25) is 0 Å². The number of nitrogens with one attached hydrogen (secondary N) is 1. The van der Waals surface area contributed by atoms with Crippen molar-refractivity contribution in [2.24, 2.45) is 0 Å². The van der Waals surface area contributed by atoms with Gasteiger partial charge in [-0.2, -0.15) is 13.2 Å². The quantitative estimate of drug-likeness (QED) is 0.675. The van der Waals surface area contributed by atoms with Crippen molar-refractivity contribution in [3.8, 4) is 0 Å². The summed E-state index contributed by atoms with van der Waals surface area (Å²) in [5.74, 6) is -1.11. The van der Waals surface area contributed by atoms with E-state index < -0.39 is 29.3 Å². The summed E-state index contributed by atoms with van der Waals surface area (Å²) in [4.78, 5) is 25.3. The van der Waals surface area contributed by atoms with E-state index in [4.69, 9.17) is 0 Å². The molecule has 0 radical (unpaired) electrons. The molecule has 0 aliphatic rings. The molecule has 104 valence electrons. The van der Waals surface area contributed by atoms with Gasteiger partial charge in [0.15, 0.2) is 6.61 Å². The van der Waals surface area contributed by atoms with E-state index in [9.17, 15) is 28.1 Å². The molecule has 1 aromatic carbocycles. The molecule has 0 unspecified atom stereocenters. The van der Waals surface area contributed by atoms with Gasteiger partial charge in [0.1, 0.15) is 5.56 Å². The van der Waals surface area contributed by atoms with Gasteiger partial charge in [-0.05, 0) is 18.6 Å². The van der Waals surface area contributed by atoms with E-state index in [0.29, 0.717) is 5.56 Å². The molecule has 0 saturated carbocycles. The Bertz CT molecular complexity index is 502. The van der Waals surface area contributed by atoms with Crippen molar-refractivity contribution >= 4 is 11.6 Å². The number of halogens is 3. The minimum atomic E-state index is -4.61. The van der Waals surface area contributed by atoms with Crippen molar-refractivity contribution in [2.75, 3.05) is 6.61 Å². The highest BCUT2D eigenvalue weighted by Crippen LogP contribution is 2.20. The fourth-order valence-electron chi connectivity index (χ4n) is 1.23. The van der Waals surface area contributed by atoms with Gasteiger partial charge in [-0.1, -0.05) is 6.07 Å². The molecule has 19 heavy (non-hydrogen) atoms. The van der Waals surface area contributed by atoms with E-state index in [0.717, 1.165) is 6.07 Å². The maximum Gasteiger partial charge on any atom is 0.414 e. The smallest absolute Gasteiger partial charge is 0.267 e. The average molecular weight is 278 g/mol. The third-order valence-corrected chi connectivity index (χ3v) is 1.99. The number of benzene rings is 1. The second-order valence-electron chi connectivity index (χ2n) is 3.61. The summed E-state index contributed by atoms with van der Waals surface area (Å²) < 4.78 is 35.4. The molecule has 1 aromatic rings. The summed E-state index contributed by atoms with van der Waals surface area (Å²) in [6, 6.07) is 3.68. The molecule has 1 rings (SSSR count). The molecule has 1 amide bonds. The van der Waals surface area contributed by atoms with Gasteiger partial charge in [0, 0.05) is 6.07 Å². The number of hydrogen-bond acceptors (Lipinski definition) is 4. The minimum absolute atomic E-state index is 0.368. The maximum atomic E-state index is 11.8. The van der Waals surface area contributed by atoms with Crippen molar-refractivity contribution in [3.63, 3.8) is 0 Å². The first-order chi connectivity index (χ1) is 8.70. The van der Waals surface area contributed by atoms with Gasteiger partial charge in [0.25, 0.3) is 11.6 Å². The number of aryl methyl sites for hydroxylation is 1. The fourth-order valence-corrected chi connectivity index (χ4v) is 1.23. The van der Waals surface area contributed by atoms with Gasteiger partial charge in [-0.15, -0.1) is 0 Å². The summed E-state index contributed by atoms with van der Waals surface area (Å²) in [6.45, 7) is -0.102. The Balaban J connectivity index is 2.81. The number of nitro groups is 1. The van der Waals surface area contributed by atoms with Crippen LogP contribution in [0.25, 0.3) is 0 Å². The van der Waals surface area contributed by atoms with Crippen LogP contribution in [0.3, 0.4) is 0 Å². The van der Waals surface area contributed by atoms with Crippen molar-refractivity contribution in [1.82, 2.24) is 5.48 Å². The van der Waals surface area contributed by atoms with E-state index in [-0.39, 0.29) is 5.56 Å². The topological polar surface area (TPSA) is 81.5 Å². The van der Waals surface area contributed by atoms with Crippen molar-refractivity contribution in [2.45, 2.75) is 13.1 Å². The van der Waals surface area contributed by atoms with Crippen LogP contribution < -0.4 is 5.48 Å². The Hall–Kier alpha value is -2.16. The van der Waals surface area contributed by atoms with Gasteiger partial charge >= 0.3 is 6.18 Å². The highest BCUT2D eigenvalue weighted by molar-refractivity contribution is 5.97. The van der Waals surface area contributed by atoms with Crippen LogP contribution >= 0.6 is 0 Å². The third kappa shape index (κ3) is 4.54. The van der Waals surface area contributed by atoms with Crippen LogP contribution in [-0.4, -0.2) is 23.6 Å². The first-order valence-corrected chi connectivity index (χ1v) is 4.94. The number of amides is 1. The Labute approximate surface area is 105 Å². The molecular formula is C10H9F3N2O4. The average Bonchev–Trinajstić information content (AvgIpc) is 2.26. The fraction of sp³-hybridized carbons (Fsp3) is 0.300. The second kappa shape index (κ2) is 5.65. The van der Waals surface area contributed by atoms with Gasteiger partial charge in [-0.25, -0.2) is 5.48 Å². The van der Waals surface area contributed by atoms with E-state index in [1.165, 1.54) is 17.6 Å².